The van der Waals surface area contributed by atoms with Crippen molar-refractivity contribution < 1.29 is 17.9 Å². The van der Waals surface area contributed by atoms with E-state index in [-0.39, 0.29) is 10.8 Å². The van der Waals surface area contributed by atoms with Crippen LogP contribution in [0.4, 0.5) is 5.95 Å². The summed E-state index contributed by atoms with van der Waals surface area (Å²) in [5, 5.41) is 0. The van der Waals surface area contributed by atoms with Gasteiger partial charge in [0, 0.05) is 17.5 Å². The van der Waals surface area contributed by atoms with Crippen LogP contribution in [0.3, 0.4) is 0 Å². The smallest absolute Gasteiger partial charge is 0.257 e. The Morgan fingerprint density at radius 3 is 2.35 bits per heavy atom. The number of aryl methyl sites for hydroxylation is 2. The molecule has 122 valence electrons. The Bertz CT molecular complexity index is 818. The van der Waals surface area contributed by atoms with Crippen LogP contribution in [-0.2, 0) is 10.0 Å². The van der Waals surface area contributed by atoms with Crippen LogP contribution in [0.25, 0.3) is 0 Å². The van der Waals surface area contributed by atoms with Crippen LogP contribution in [0.1, 0.15) is 11.4 Å². The van der Waals surface area contributed by atoms with Crippen molar-refractivity contribution in [2.24, 2.45) is 0 Å². The summed E-state index contributed by atoms with van der Waals surface area (Å²) in [6, 6.07) is 6.22. The molecule has 0 aliphatic carbocycles. The lowest BCUT2D eigenvalue weighted by atomic mass is 10.3. The molecule has 0 bridgehead atoms. The molecule has 3 rings (SSSR count). The van der Waals surface area contributed by atoms with Gasteiger partial charge in [-0.05, 0) is 32.0 Å². The Kier molecular flexibility index (Phi) is 4.05. The third-order valence-corrected chi connectivity index (χ3v) is 4.35. The van der Waals surface area contributed by atoms with Gasteiger partial charge >= 0.3 is 0 Å². The Morgan fingerprint density at radius 2 is 1.65 bits per heavy atom. The van der Waals surface area contributed by atoms with E-state index in [1.165, 1.54) is 12.1 Å². The van der Waals surface area contributed by atoms with Crippen LogP contribution in [0.15, 0.2) is 29.2 Å². The monoisotopic (exact) mass is 336 g/mol. The average Bonchev–Trinajstić information content (AvgIpc) is 2.52. The van der Waals surface area contributed by atoms with Crippen LogP contribution >= 0.6 is 0 Å². The summed E-state index contributed by atoms with van der Waals surface area (Å²) in [6.07, 6.45) is 0. The number of fused-ring (bicyclic) bond motifs is 1. The van der Waals surface area contributed by atoms with Crippen molar-refractivity contribution in [3.63, 3.8) is 0 Å². The first-order chi connectivity index (χ1) is 10.9. The van der Waals surface area contributed by atoms with Gasteiger partial charge in [0.1, 0.15) is 13.2 Å². The van der Waals surface area contributed by atoms with Gasteiger partial charge in [0.15, 0.2) is 11.5 Å². The second-order valence-electron chi connectivity index (χ2n) is 5.01. The number of sulfonamides is 1. The molecule has 1 aromatic heterocycles. The molecule has 0 radical (unpaired) electrons. The number of hydrogen-bond donors (Lipinski definition) is 2. The molecule has 0 atom stereocenters. The van der Waals surface area contributed by atoms with Crippen molar-refractivity contribution in [2.45, 2.75) is 18.7 Å². The number of ether oxygens (including phenoxy) is 2. The van der Waals surface area contributed by atoms with Gasteiger partial charge in [0.2, 0.25) is 5.95 Å². The molecule has 2 aromatic rings. The lowest BCUT2D eigenvalue weighted by Gasteiger charge is -2.19. The molecule has 0 saturated heterocycles. The number of hydrazine groups is 1. The van der Waals surface area contributed by atoms with Gasteiger partial charge in [-0.1, -0.05) is 0 Å². The standard InChI is InChI=1S/C14H16N4O4S/c1-9-7-10(2)16-14(15-9)17-18-23(19,20)11-3-4-12-13(8-11)22-6-5-21-12/h3-4,7-8,18H,5-6H2,1-2H3,(H,15,16,17). The number of rotatable bonds is 4. The first-order valence-corrected chi connectivity index (χ1v) is 8.42. The highest BCUT2D eigenvalue weighted by Crippen LogP contribution is 2.32. The third kappa shape index (κ3) is 3.51. The zero-order valence-electron chi connectivity index (χ0n) is 12.7. The molecule has 0 spiro atoms. The maximum absolute atomic E-state index is 12.3. The molecule has 2 heterocycles. The molecule has 23 heavy (non-hydrogen) atoms. The van der Waals surface area contributed by atoms with E-state index < -0.39 is 10.0 Å². The summed E-state index contributed by atoms with van der Waals surface area (Å²) < 4.78 is 35.4. The van der Waals surface area contributed by atoms with Gasteiger partial charge in [-0.15, -0.1) is 4.83 Å². The Hall–Kier alpha value is -2.39. The lowest BCUT2D eigenvalue weighted by Crippen LogP contribution is -2.30. The van der Waals surface area contributed by atoms with E-state index in [0.717, 1.165) is 11.4 Å². The Morgan fingerprint density at radius 1 is 1.00 bits per heavy atom. The number of nitrogens with one attached hydrogen (secondary N) is 2. The van der Waals surface area contributed by atoms with E-state index in [2.05, 4.69) is 20.2 Å². The fraction of sp³-hybridized carbons (Fsp3) is 0.286. The summed E-state index contributed by atoms with van der Waals surface area (Å²) in [4.78, 5) is 10.5. The minimum Gasteiger partial charge on any atom is -0.486 e. The van der Waals surface area contributed by atoms with Crippen molar-refractivity contribution in [1.82, 2.24) is 14.8 Å². The molecule has 0 saturated carbocycles. The minimum atomic E-state index is -3.79. The number of benzene rings is 1. The maximum Gasteiger partial charge on any atom is 0.257 e. The molecule has 0 amide bonds. The summed E-state index contributed by atoms with van der Waals surface area (Å²) in [6.45, 7) is 4.44. The van der Waals surface area contributed by atoms with Crippen LogP contribution in [0.5, 0.6) is 11.5 Å². The summed E-state index contributed by atoms with van der Waals surface area (Å²) >= 11 is 0. The predicted octanol–water partition coefficient (Wildman–Crippen LogP) is 1.17. The minimum absolute atomic E-state index is 0.0543. The van der Waals surface area contributed by atoms with Gasteiger partial charge in [-0.2, -0.15) is 0 Å². The van der Waals surface area contributed by atoms with E-state index in [9.17, 15) is 8.42 Å². The molecule has 1 aliphatic heterocycles. The third-order valence-electron chi connectivity index (χ3n) is 3.10. The van der Waals surface area contributed by atoms with E-state index in [0.29, 0.717) is 24.7 Å². The highest BCUT2D eigenvalue weighted by atomic mass is 32.2. The van der Waals surface area contributed by atoms with Gasteiger partial charge in [-0.3, -0.25) is 5.43 Å². The van der Waals surface area contributed by atoms with E-state index >= 15 is 0 Å². The normalized spacial score (nSPS) is 13.7. The van der Waals surface area contributed by atoms with Crippen molar-refractivity contribution >= 4 is 16.0 Å². The van der Waals surface area contributed by atoms with Gasteiger partial charge in [0.25, 0.3) is 10.0 Å². The fourth-order valence-corrected chi connectivity index (χ4v) is 3.00. The van der Waals surface area contributed by atoms with Crippen LogP contribution < -0.4 is 19.7 Å². The van der Waals surface area contributed by atoms with Gasteiger partial charge in [-0.25, -0.2) is 18.4 Å². The van der Waals surface area contributed by atoms with Gasteiger partial charge < -0.3 is 9.47 Å². The highest BCUT2D eigenvalue weighted by molar-refractivity contribution is 7.89. The fourth-order valence-electron chi connectivity index (χ4n) is 2.14. The second-order valence-corrected chi connectivity index (χ2v) is 6.69. The number of nitrogens with zero attached hydrogens (tertiary/aromatic N) is 2. The molecule has 1 aromatic carbocycles. The van der Waals surface area contributed by atoms with E-state index in [1.807, 2.05) is 0 Å². The van der Waals surface area contributed by atoms with E-state index in [4.69, 9.17) is 9.47 Å². The zero-order valence-corrected chi connectivity index (χ0v) is 13.5. The Labute approximate surface area is 133 Å². The van der Waals surface area contributed by atoms with Crippen molar-refractivity contribution in [2.75, 3.05) is 18.6 Å². The van der Waals surface area contributed by atoms with Crippen LogP contribution in [-0.4, -0.2) is 31.6 Å². The number of anilines is 1. The summed E-state index contributed by atoms with van der Waals surface area (Å²) in [5.74, 6) is 1.12. The quantitative estimate of drug-likeness (QED) is 0.808. The summed E-state index contributed by atoms with van der Waals surface area (Å²) in [5.41, 5.74) is 3.98. The van der Waals surface area contributed by atoms with E-state index in [1.54, 1.807) is 26.0 Å². The second kappa shape index (κ2) is 6.01. The van der Waals surface area contributed by atoms with Crippen molar-refractivity contribution in [1.29, 1.82) is 0 Å². The van der Waals surface area contributed by atoms with Crippen molar-refractivity contribution in [3.8, 4) is 11.5 Å². The lowest BCUT2D eigenvalue weighted by molar-refractivity contribution is 0.171. The average molecular weight is 336 g/mol. The topological polar surface area (TPSA) is 102 Å². The highest BCUT2D eigenvalue weighted by Gasteiger charge is 2.19. The molecule has 9 heteroatoms. The first-order valence-electron chi connectivity index (χ1n) is 6.94. The van der Waals surface area contributed by atoms with Crippen LogP contribution in [0, 0.1) is 13.8 Å². The largest absolute Gasteiger partial charge is 0.486 e. The molecule has 1 aliphatic rings. The number of hydrogen-bond acceptors (Lipinski definition) is 7. The number of aromatic nitrogens is 2. The molecule has 2 N–H and O–H groups in total. The summed E-state index contributed by atoms with van der Waals surface area (Å²) in [7, 11) is -3.79. The molecule has 8 nitrogen and oxygen atoms in total. The van der Waals surface area contributed by atoms with Crippen LogP contribution in [0.2, 0.25) is 0 Å². The molecular weight excluding hydrogens is 320 g/mol. The van der Waals surface area contributed by atoms with Gasteiger partial charge in [0.05, 0.1) is 4.90 Å². The Balaban J connectivity index is 1.79. The molecule has 0 unspecified atom stereocenters. The molecular formula is C14H16N4O4S. The molecule has 0 fully saturated rings. The first kappa shape index (κ1) is 15.5. The van der Waals surface area contributed by atoms with Crippen molar-refractivity contribution in [3.05, 3.63) is 35.7 Å². The predicted molar refractivity (Wildman–Crippen MR) is 82.9 cm³/mol. The SMILES string of the molecule is Cc1cc(C)nc(NNS(=O)(=O)c2ccc3c(c2)OCCO3)n1. The maximum atomic E-state index is 12.3. The zero-order chi connectivity index (χ0) is 16.4.